The number of nitrogens with one attached hydrogen (secondary N) is 1. The maximum Gasteiger partial charge on any atom is 0.416 e. The van der Waals surface area contributed by atoms with Crippen LogP contribution in [0.5, 0.6) is 11.5 Å². The topological polar surface area (TPSA) is 125 Å². The number of rotatable bonds is 8. The lowest BCUT2D eigenvalue weighted by Gasteiger charge is -2.33. The molecule has 2 fully saturated rings. The number of hydrogen-bond donors (Lipinski definition) is 1. The fourth-order valence-corrected chi connectivity index (χ4v) is 5.66. The normalized spacial score (nSPS) is 22.2. The van der Waals surface area contributed by atoms with Crippen LogP contribution in [0.3, 0.4) is 0 Å². The first kappa shape index (κ1) is 26.1. The molecule has 1 aliphatic carbocycles. The lowest BCUT2D eigenvalue weighted by molar-refractivity contribution is -0.121. The summed E-state index contributed by atoms with van der Waals surface area (Å²) in [5.74, 6) is 0.852. The van der Waals surface area contributed by atoms with Crippen molar-refractivity contribution in [3.05, 3.63) is 52.6 Å². The molecule has 6 rings (SSSR count). The molecule has 13 heteroatoms. The van der Waals surface area contributed by atoms with Crippen LogP contribution in [0.25, 0.3) is 11.0 Å². The summed E-state index contributed by atoms with van der Waals surface area (Å²) >= 11 is 0. The number of carbonyl (C=O) groups excluding carboxylic acids is 2. The van der Waals surface area contributed by atoms with Crippen molar-refractivity contribution < 1.29 is 32.6 Å². The van der Waals surface area contributed by atoms with E-state index in [1.807, 2.05) is 0 Å². The predicted molar refractivity (Wildman–Crippen MR) is 138 cm³/mol. The van der Waals surface area contributed by atoms with Crippen LogP contribution >= 0.6 is 0 Å². The SMILES string of the molecule is O=C1COc2ccc(N3C(=O)O[C@H]4C[C@@H](NCCCn5c(=O)ccc6ncc(OC(F)F)cc65)CC[C@@H]43)nc2C1. The molecule has 3 aliphatic rings. The molecule has 3 atom stereocenters. The van der Waals surface area contributed by atoms with Crippen LogP contribution in [0.1, 0.15) is 31.4 Å². The number of fused-ring (bicyclic) bond motifs is 3. The van der Waals surface area contributed by atoms with Crippen LogP contribution < -0.4 is 25.2 Å². The third-order valence-corrected chi connectivity index (χ3v) is 7.48. The Labute approximate surface area is 227 Å². The first-order chi connectivity index (χ1) is 19.4. The Balaban J connectivity index is 1.05. The summed E-state index contributed by atoms with van der Waals surface area (Å²) in [5, 5.41) is 3.49. The van der Waals surface area contributed by atoms with Crippen molar-refractivity contribution in [1.29, 1.82) is 0 Å². The van der Waals surface area contributed by atoms with Crippen LogP contribution in [0.15, 0.2) is 41.3 Å². The second-order valence-corrected chi connectivity index (χ2v) is 10.1. The number of aryl methyl sites for hydroxylation is 1. The monoisotopic (exact) mass is 555 g/mol. The smallest absolute Gasteiger partial charge is 0.416 e. The van der Waals surface area contributed by atoms with Gasteiger partial charge < -0.3 is 24.1 Å². The van der Waals surface area contributed by atoms with Gasteiger partial charge in [0.2, 0.25) is 0 Å². The van der Waals surface area contributed by atoms with Crippen molar-refractivity contribution in [3.8, 4) is 11.5 Å². The Hall–Kier alpha value is -4.13. The summed E-state index contributed by atoms with van der Waals surface area (Å²) in [6, 6.07) is 7.78. The Bertz CT molecular complexity index is 1510. The van der Waals surface area contributed by atoms with Gasteiger partial charge in [0.15, 0.2) is 5.78 Å². The van der Waals surface area contributed by atoms with Gasteiger partial charge in [-0.25, -0.2) is 9.78 Å². The molecule has 0 spiro atoms. The summed E-state index contributed by atoms with van der Waals surface area (Å²) < 4.78 is 42.3. The second-order valence-electron chi connectivity index (χ2n) is 10.1. The van der Waals surface area contributed by atoms with E-state index in [1.54, 1.807) is 23.1 Å². The molecule has 0 radical (unpaired) electrons. The van der Waals surface area contributed by atoms with Gasteiger partial charge in [-0.3, -0.25) is 19.5 Å². The molecule has 0 unspecified atom stereocenters. The molecule has 0 aromatic carbocycles. The molecule has 1 saturated heterocycles. The highest BCUT2D eigenvalue weighted by Gasteiger charge is 2.46. The molecule has 1 saturated carbocycles. The van der Waals surface area contributed by atoms with Gasteiger partial charge in [0.05, 0.1) is 35.4 Å². The molecule has 3 aromatic rings. The van der Waals surface area contributed by atoms with E-state index < -0.39 is 12.7 Å². The molecular weight excluding hydrogens is 528 g/mol. The average Bonchev–Trinajstić information content (AvgIpc) is 3.26. The van der Waals surface area contributed by atoms with E-state index >= 15 is 0 Å². The molecule has 1 N–H and O–H groups in total. The Morgan fingerprint density at radius 2 is 2.02 bits per heavy atom. The zero-order valence-corrected chi connectivity index (χ0v) is 21.4. The molecule has 5 heterocycles. The summed E-state index contributed by atoms with van der Waals surface area (Å²) in [5.41, 5.74) is 1.20. The number of carbonyl (C=O) groups is 2. The van der Waals surface area contributed by atoms with Crippen LogP contribution in [0, 0.1) is 0 Å². The van der Waals surface area contributed by atoms with Gasteiger partial charge in [0.1, 0.15) is 30.0 Å². The van der Waals surface area contributed by atoms with Crippen molar-refractivity contribution in [2.45, 2.75) is 63.4 Å². The zero-order chi connectivity index (χ0) is 27.8. The third kappa shape index (κ3) is 5.20. The number of halogens is 2. The fourth-order valence-electron chi connectivity index (χ4n) is 5.66. The minimum absolute atomic E-state index is 0.0337. The first-order valence-corrected chi connectivity index (χ1v) is 13.2. The molecular formula is C27H27F2N5O6. The lowest BCUT2D eigenvalue weighted by Crippen LogP contribution is -2.46. The average molecular weight is 556 g/mol. The van der Waals surface area contributed by atoms with Gasteiger partial charge in [-0.1, -0.05) is 0 Å². The van der Waals surface area contributed by atoms with Crippen molar-refractivity contribution in [2.24, 2.45) is 0 Å². The Kier molecular flexibility index (Phi) is 7.05. The fraction of sp³-hybridized carbons (Fsp3) is 0.444. The summed E-state index contributed by atoms with van der Waals surface area (Å²) in [4.78, 5) is 47.3. The van der Waals surface area contributed by atoms with E-state index in [0.717, 1.165) is 6.42 Å². The Morgan fingerprint density at radius 1 is 1.15 bits per heavy atom. The number of nitrogens with zero attached hydrogens (tertiary/aromatic N) is 4. The van der Waals surface area contributed by atoms with Gasteiger partial charge >= 0.3 is 12.7 Å². The number of hydrogen-bond acceptors (Lipinski definition) is 9. The minimum atomic E-state index is -2.98. The highest BCUT2D eigenvalue weighted by Crippen LogP contribution is 2.36. The standard InChI is InChI=1S/C27H27F2N5O6/c28-26(29)39-17-12-21-18(31-13-17)3-7-25(36)33(21)9-1-8-30-15-2-4-20-23(10-15)40-27(37)34(20)24-6-5-22-19(32-24)11-16(35)14-38-22/h3,5-7,12-13,15,20,23,26,30H,1-2,4,8-11,14H2/t15-,20-,23-/m0/s1. The molecule has 40 heavy (non-hydrogen) atoms. The number of alkyl halides is 2. The largest absolute Gasteiger partial charge is 0.484 e. The van der Waals surface area contributed by atoms with E-state index in [0.29, 0.717) is 60.6 Å². The molecule has 11 nitrogen and oxygen atoms in total. The minimum Gasteiger partial charge on any atom is -0.484 e. The summed E-state index contributed by atoms with van der Waals surface area (Å²) in [6.45, 7) is -1.99. The quantitative estimate of drug-likeness (QED) is 0.418. The summed E-state index contributed by atoms with van der Waals surface area (Å²) in [7, 11) is 0. The number of ether oxygens (including phenoxy) is 3. The highest BCUT2D eigenvalue weighted by atomic mass is 19.3. The molecule has 1 amide bonds. The van der Waals surface area contributed by atoms with Gasteiger partial charge in [0.25, 0.3) is 5.56 Å². The van der Waals surface area contributed by atoms with E-state index in [4.69, 9.17) is 9.47 Å². The number of Topliss-reactive ketones (excluding diaryl/α,β-unsaturated/α-hetero) is 1. The van der Waals surface area contributed by atoms with Crippen LogP contribution in [0.2, 0.25) is 0 Å². The van der Waals surface area contributed by atoms with Crippen LogP contribution in [-0.2, 0) is 22.5 Å². The van der Waals surface area contributed by atoms with Gasteiger partial charge in [-0.05, 0) is 44.0 Å². The zero-order valence-electron chi connectivity index (χ0n) is 21.4. The number of ketones is 1. The highest BCUT2D eigenvalue weighted by molar-refractivity contribution is 5.90. The van der Waals surface area contributed by atoms with Crippen molar-refractivity contribution in [3.63, 3.8) is 0 Å². The Morgan fingerprint density at radius 3 is 2.88 bits per heavy atom. The van der Waals surface area contributed by atoms with Gasteiger partial charge in [-0.2, -0.15) is 8.78 Å². The van der Waals surface area contributed by atoms with Gasteiger partial charge in [-0.15, -0.1) is 0 Å². The maximum atomic E-state index is 12.8. The van der Waals surface area contributed by atoms with Crippen molar-refractivity contribution in [1.82, 2.24) is 19.9 Å². The van der Waals surface area contributed by atoms with E-state index in [1.165, 1.54) is 22.9 Å². The maximum absolute atomic E-state index is 12.8. The molecule has 3 aromatic heterocycles. The van der Waals surface area contributed by atoms with E-state index in [-0.39, 0.29) is 48.3 Å². The summed E-state index contributed by atoms with van der Waals surface area (Å²) in [6.07, 6.45) is 3.39. The molecule has 2 aliphatic heterocycles. The number of amides is 1. The number of anilines is 1. The van der Waals surface area contributed by atoms with Crippen LogP contribution in [0.4, 0.5) is 19.4 Å². The lowest BCUT2D eigenvalue weighted by atomic mass is 9.88. The number of aromatic nitrogens is 3. The second kappa shape index (κ2) is 10.8. The number of pyridine rings is 3. The van der Waals surface area contributed by atoms with E-state index in [9.17, 15) is 23.2 Å². The molecule has 210 valence electrons. The first-order valence-electron chi connectivity index (χ1n) is 13.2. The van der Waals surface area contributed by atoms with Gasteiger partial charge in [0, 0.05) is 31.1 Å². The predicted octanol–water partition coefficient (Wildman–Crippen LogP) is 2.82. The van der Waals surface area contributed by atoms with Crippen molar-refractivity contribution in [2.75, 3.05) is 18.1 Å². The van der Waals surface area contributed by atoms with Crippen molar-refractivity contribution >= 4 is 28.7 Å². The van der Waals surface area contributed by atoms with Crippen LogP contribution in [-0.4, -0.2) is 64.4 Å². The molecule has 0 bridgehead atoms. The van der Waals surface area contributed by atoms with E-state index in [2.05, 4.69) is 20.0 Å². The third-order valence-electron chi connectivity index (χ3n) is 7.48.